The van der Waals surface area contributed by atoms with Crippen LogP contribution in [0.1, 0.15) is 18.9 Å². The van der Waals surface area contributed by atoms with Crippen LogP contribution in [0.5, 0.6) is 0 Å². The average molecular weight is 264 g/mol. The smallest absolute Gasteiger partial charge is 0.322 e. The fourth-order valence-electron chi connectivity index (χ4n) is 1.90. The van der Waals surface area contributed by atoms with Crippen LogP contribution < -0.4 is 5.32 Å². The number of ether oxygens (including phenoxy) is 1. The van der Waals surface area contributed by atoms with Gasteiger partial charge in [-0.1, -0.05) is 30.3 Å². The molecule has 106 valence electrons. The minimum atomic E-state index is -0.232. The predicted octanol–water partition coefficient (Wildman–Crippen LogP) is 1.66. The van der Waals surface area contributed by atoms with E-state index in [1.807, 2.05) is 13.0 Å². The van der Waals surface area contributed by atoms with E-state index < -0.39 is 0 Å². The summed E-state index contributed by atoms with van der Waals surface area (Å²) in [6.45, 7) is 4.58. The van der Waals surface area contributed by atoms with Gasteiger partial charge in [-0.3, -0.25) is 4.79 Å². The maximum absolute atomic E-state index is 11.2. The van der Waals surface area contributed by atoms with Crippen LogP contribution >= 0.6 is 0 Å². The molecule has 0 bridgehead atoms. The summed E-state index contributed by atoms with van der Waals surface area (Å²) in [5, 5.41) is 3.15. The fraction of sp³-hybridized carbons (Fsp3) is 0.533. The number of hydrogen-bond donors (Lipinski definition) is 1. The lowest BCUT2D eigenvalue weighted by atomic mass is 10.2. The molecule has 1 N–H and O–H groups in total. The molecule has 1 unspecified atom stereocenters. The molecule has 0 aliphatic carbocycles. The number of benzene rings is 1. The lowest BCUT2D eigenvalue weighted by Crippen LogP contribution is -2.36. The number of esters is 1. The lowest BCUT2D eigenvalue weighted by molar-refractivity contribution is -0.142. The maximum Gasteiger partial charge on any atom is 0.322 e. The highest BCUT2D eigenvalue weighted by Gasteiger charge is 2.11. The second-order valence-electron chi connectivity index (χ2n) is 4.78. The van der Waals surface area contributed by atoms with Gasteiger partial charge in [0, 0.05) is 6.54 Å². The summed E-state index contributed by atoms with van der Waals surface area (Å²) >= 11 is 0. The normalized spacial score (nSPS) is 12.4. The Bertz CT molecular complexity index is 368. The summed E-state index contributed by atoms with van der Waals surface area (Å²) in [7, 11) is 3.52. The minimum absolute atomic E-state index is 0.211. The van der Waals surface area contributed by atoms with Crippen molar-refractivity contribution < 1.29 is 9.53 Å². The van der Waals surface area contributed by atoms with Crippen LogP contribution in [0.2, 0.25) is 0 Å². The third-order valence-electron chi connectivity index (χ3n) is 3.02. The van der Waals surface area contributed by atoms with Gasteiger partial charge in [0.25, 0.3) is 0 Å². The molecule has 0 amide bonds. The van der Waals surface area contributed by atoms with E-state index in [-0.39, 0.29) is 12.0 Å². The Balaban J connectivity index is 2.14. The Morgan fingerprint density at radius 2 is 2.05 bits per heavy atom. The zero-order valence-electron chi connectivity index (χ0n) is 12.1. The van der Waals surface area contributed by atoms with Gasteiger partial charge in [0.15, 0.2) is 0 Å². The molecule has 0 aliphatic rings. The molecule has 0 aromatic heterocycles. The third-order valence-corrected chi connectivity index (χ3v) is 3.02. The van der Waals surface area contributed by atoms with Gasteiger partial charge in [0.1, 0.15) is 6.04 Å². The van der Waals surface area contributed by atoms with Crippen molar-refractivity contribution in [3.63, 3.8) is 0 Å². The zero-order chi connectivity index (χ0) is 14.1. The zero-order valence-corrected chi connectivity index (χ0v) is 12.1. The van der Waals surface area contributed by atoms with Crippen LogP contribution in [-0.2, 0) is 16.1 Å². The Labute approximate surface area is 115 Å². The molecule has 0 saturated heterocycles. The van der Waals surface area contributed by atoms with E-state index in [4.69, 9.17) is 0 Å². The summed E-state index contributed by atoms with van der Waals surface area (Å²) in [6.07, 6.45) is 1.00. The Hall–Kier alpha value is -1.39. The summed E-state index contributed by atoms with van der Waals surface area (Å²) in [6, 6.07) is 10.2. The van der Waals surface area contributed by atoms with Crippen molar-refractivity contribution in [3.05, 3.63) is 35.9 Å². The molecule has 19 heavy (non-hydrogen) atoms. The van der Waals surface area contributed by atoms with Crippen molar-refractivity contribution in [1.29, 1.82) is 0 Å². The lowest BCUT2D eigenvalue weighted by Gasteiger charge is -2.17. The number of nitrogens with one attached hydrogen (secondary N) is 1. The summed E-state index contributed by atoms with van der Waals surface area (Å²) in [5.41, 5.74) is 1.32. The highest BCUT2D eigenvalue weighted by molar-refractivity contribution is 5.74. The molecule has 1 rings (SSSR count). The molecule has 0 aliphatic heterocycles. The Morgan fingerprint density at radius 3 is 2.68 bits per heavy atom. The molecule has 1 aromatic carbocycles. The molecule has 0 fully saturated rings. The molecule has 1 aromatic rings. The van der Waals surface area contributed by atoms with Crippen LogP contribution in [0.15, 0.2) is 30.3 Å². The number of carbonyl (C=O) groups is 1. The van der Waals surface area contributed by atoms with Crippen molar-refractivity contribution >= 4 is 5.97 Å². The second kappa shape index (κ2) is 8.67. The highest BCUT2D eigenvalue weighted by Crippen LogP contribution is 2.02. The van der Waals surface area contributed by atoms with Gasteiger partial charge >= 0.3 is 5.97 Å². The van der Waals surface area contributed by atoms with E-state index in [0.29, 0.717) is 0 Å². The minimum Gasteiger partial charge on any atom is -0.468 e. The molecule has 0 saturated carbocycles. The number of hydrogen-bond acceptors (Lipinski definition) is 4. The molecule has 0 heterocycles. The predicted molar refractivity (Wildman–Crippen MR) is 76.9 cm³/mol. The highest BCUT2D eigenvalue weighted by atomic mass is 16.5. The number of nitrogens with zero attached hydrogens (tertiary/aromatic N) is 1. The van der Waals surface area contributed by atoms with Crippen LogP contribution in [0.3, 0.4) is 0 Å². The monoisotopic (exact) mass is 264 g/mol. The maximum atomic E-state index is 11.2. The van der Waals surface area contributed by atoms with Crippen molar-refractivity contribution in [3.8, 4) is 0 Å². The molecule has 1 atom stereocenters. The van der Waals surface area contributed by atoms with Crippen LogP contribution in [0.25, 0.3) is 0 Å². The fourth-order valence-corrected chi connectivity index (χ4v) is 1.90. The first-order valence-electron chi connectivity index (χ1n) is 6.67. The number of methoxy groups -OCH3 is 1. The van der Waals surface area contributed by atoms with Crippen LogP contribution in [0.4, 0.5) is 0 Å². The summed E-state index contributed by atoms with van der Waals surface area (Å²) in [4.78, 5) is 13.5. The van der Waals surface area contributed by atoms with Crippen molar-refractivity contribution in [2.24, 2.45) is 0 Å². The van der Waals surface area contributed by atoms with Gasteiger partial charge in [-0.2, -0.15) is 0 Å². The average Bonchev–Trinajstić information content (AvgIpc) is 2.43. The standard InChI is InChI=1S/C15H24N2O2/c1-13(15(18)19-3)16-10-7-11-17(2)12-14-8-5-4-6-9-14/h4-6,8-9,13,16H,7,10-12H2,1-3H3. The van der Waals surface area contributed by atoms with Crippen molar-refractivity contribution in [2.75, 3.05) is 27.2 Å². The summed E-state index contributed by atoms with van der Waals surface area (Å²) in [5.74, 6) is -0.211. The van der Waals surface area contributed by atoms with E-state index in [1.165, 1.54) is 12.7 Å². The van der Waals surface area contributed by atoms with E-state index in [1.54, 1.807) is 0 Å². The number of carbonyl (C=O) groups excluding carboxylic acids is 1. The van der Waals surface area contributed by atoms with Crippen LogP contribution in [0, 0.1) is 0 Å². The third kappa shape index (κ3) is 6.36. The van der Waals surface area contributed by atoms with Crippen molar-refractivity contribution in [1.82, 2.24) is 10.2 Å². The topological polar surface area (TPSA) is 41.6 Å². The number of rotatable bonds is 8. The Kier molecular flexibility index (Phi) is 7.15. The van der Waals surface area contributed by atoms with Gasteiger partial charge in [-0.15, -0.1) is 0 Å². The van der Waals surface area contributed by atoms with Gasteiger partial charge in [0.2, 0.25) is 0 Å². The van der Waals surface area contributed by atoms with Gasteiger partial charge in [0.05, 0.1) is 7.11 Å². The van der Waals surface area contributed by atoms with Gasteiger partial charge in [-0.25, -0.2) is 0 Å². The molecular weight excluding hydrogens is 240 g/mol. The SMILES string of the molecule is COC(=O)C(C)NCCCN(C)Cc1ccccc1. The van der Waals surface area contributed by atoms with E-state index in [9.17, 15) is 4.79 Å². The van der Waals surface area contributed by atoms with Gasteiger partial charge in [-0.05, 0) is 39.0 Å². The van der Waals surface area contributed by atoms with E-state index >= 15 is 0 Å². The molecule has 4 nitrogen and oxygen atoms in total. The Morgan fingerprint density at radius 1 is 1.37 bits per heavy atom. The largest absolute Gasteiger partial charge is 0.468 e. The second-order valence-corrected chi connectivity index (χ2v) is 4.78. The first kappa shape index (κ1) is 15.7. The first-order valence-corrected chi connectivity index (χ1v) is 6.67. The van der Waals surface area contributed by atoms with Crippen molar-refractivity contribution in [2.45, 2.75) is 25.9 Å². The molecule has 4 heteroatoms. The first-order chi connectivity index (χ1) is 9.13. The van der Waals surface area contributed by atoms with E-state index in [2.05, 4.69) is 46.3 Å². The van der Waals surface area contributed by atoms with E-state index in [0.717, 1.165) is 26.1 Å². The quantitative estimate of drug-likeness (QED) is 0.573. The molecular formula is C15H24N2O2. The molecule has 0 radical (unpaired) electrons. The van der Waals surface area contributed by atoms with Crippen LogP contribution in [-0.4, -0.2) is 44.2 Å². The summed E-state index contributed by atoms with van der Waals surface area (Å²) < 4.78 is 4.66. The van der Waals surface area contributed by atoms with Gasteiger partial charge < -0.3 is 15.0 Å². The molecule has 0 spiro atoms.